The number of nitrogens with zero attached hydrogens (tertiary/aromatic N) is 1. The largest absolute Gasteiger partial charge is 0.508 e. The fraction of sp³-hybridized carbons (Fsp3) is 0.0800. The lowest BCUT2D eigenvalue weighted by Gasteiger charge is -2.14. The fourth-order valence-corrected chi connectivity index (χ4v) is 4.02. The van der Waals surface area contributed by atoms with Crippen molar-refractivity contribution in [2.75, 3.05) is 0 Å². The van der Waals surface area contributed by atoms with Gasteiger partial charge in [0.1, 0.15) is 11.5 Å². The van der Waals surface area contributed by atoms with Gasteiger partial charge in [0.15, 0.2) is 0 Å². The highest BCUT2D eigenvalue weighted by Crippen LogP contribution is 2.44. The topological polar surface area (TPSA) is 53.4 Å². The molecular weight excluding hydrogens is 403 g/mol. The lowest BCUT2D eigenvalue weighted by atomic mass is 9.96. The number of hydrogen-bond donors (Lipinski definition) is 2. The van der Waals surface area contributed by atoms with Gasteiger partial charge in [-0.2, -0.15) is 13.2 Å². The van der Waals surface area contributed by atoms with Crippen molar-refractivity contribution < 1.29 is 23.4 Å². The molecule has 31 heavy (non-hydrogen) atoms. The predicted molar refractivity (Wildman–Crippen MR) is 112 cm³/mol. The molecule has 6 heteroatoms. The number of pyridine rings is 1. The highest BCUT2D eigenvalue weighted by atomic mass is 19.4. The Kier molecular flexibility index (Phi) is 4.25. The number of hydrogen-bond acceptors (Lipinski definition) is 3. The van der Waals surface area contributed by atoms with E-state index in [4.69, 9.17) is 4.98 Å². The first kappa shape index (κ1) is 19.2. The van der Waals surface area contributed by atoms with Gasteiger partial charge < -0.3 is 10.2 Å². The van der Waals surface area contributed by atoms with Gasteiger partial charge in [0.25, 0.3) is 0 Å². The molecule has 0 atom stereocenters. The van der Waals surface area contributed by atoms with Crippen LogP contribution in [0.15, 0.2) is 72.8 Å². The molecular formula is C25H16F3NO2. The molecule has 0 aliphatic heterocycles. The van der Waals surface area contributed by atoms with Crippen LogP contribution < -0.4 is 0 Å². The van der Waals surface area contributed by atoms with Gasteiger partial charge in [-0.3, -0.25) is 0 Å². The Labute approximate surface area is 176 Å². The molecule has 0 bridgehead atoms. The fourth-order valence-electron chi connectivity index (χ4n) is 4.02. The first-order chi connectivity index (χ1) is 14.8. The predicted octanol–water partition coefficient (Wildman–Crippen LogP) is 6.42. The smallest absolute Gasteiger partial charge is 0.416 e. The summed E-state index contributed by atoms with van der Waals surface area (Å²) in [4.78, 5) is 4.72. The van der Waals surface area contributed by atoms with E-state index >= 15 is 0 Å². The molecule has 0 unspecified atom stereocenters. The monoisotopic (exact) mass is 419 g/mol. The van der Waals surface area contributed by atoms with E-state index in [1.807, 2.05) is 0 Å². The van der Waals surface area contributed by atoms with Crippen LogP contribution in [0, 0.1) is 0 Å². The highest BCUT2D eigenvalue weighted by Gasteiger charge is 2.31. The summed E-state index contributed by atoms with van der Waals surface area (Å²) in [7, 11) is 0. The Morgan fingerprint density at radius 2 is 1.48 bits per heavy atom. The third-order valence-electron chi connectivity index (χ3n) is 5.50. The van der Waals surface area contributed by atoms with Crippen LogP contribution in [0.25, 0.3) is 33.6 Å². The van der Waals surface area contributed by atoms with Gasteiger partial charge in [0, 0.05) is 17.5 Å². The molecule has 0 radical (unpaired) electrons. The SMILES string of the molecule is Oc1ccc(-c2cc(-c3cccc(C(F)(F)F)c3)nc3c2Cc2cc(O)ccc2-3)cc1. The van der Waals surface area contributed by atoms with Gasteiger partial charge in [0.05, 0.1) is 17.0 Å². The normalized spacial score (nSPS) is 12.5. The number of fused-ring (bicyclic) bond motifs is 3. The Hall–Kier alpha value is -3.80. The van der Waals surface area contributed by atoms with E-state index in [1.54, 1.807) is 54.6 Å². The Morgan fingerprint density at radius 1 is 0.742 bits per heavy atom. The molecule has 0 saturated carbocycles. The summed E-state index contributed by atoms with van der Waals surface area (Å²) < 4.78 is 39.8. The zero-order valence-electron chi connectivity index (χ0n) is 16.1. The van der Waals surface area contributed by atoms with Crippen molar-refractivity contribution in [1.82, 2.24) is 4.98 Å². The molecule has 1 heterocycles. The maximum atomic E-state index is 13.3. The molecule has 0 spiro atoms. The molecule has 5 rings (SSSR count). The van der Waals surface area contributed by atoms with E-state index in [1.165, 1.54) is 6.07 Å². The van der Waals surface area contributed by atoms with Crippen molar-refractivity contribution in [3.63, 3.8) is 0 Å². The maximum Gasteiger partial charge on any atom is 0.416 e. The Morgan fingerprint density at radius 3 is 2.23 bits per heavy atom. The van der Waals surface area contributed by atoms with Crippen LogP contribution in [-0.2, 0) is 12.6 Å². The van der Waals surface area contributed by atoms with E-state index in [2.05, 4.69) is 0 Å². The summed E-state index contributed by atoms with van der Waals surface area (Å²) in [5, 5.41) is 19.5. The van der Waals surface area contributed by atoms with Crippen molar-refractivity contribution in [3.8, 4) is 45.1 Å². The second kappa shape index (κ2) is 6.87. The molecule has 2 N–H and O–H groups in total. The third kappa shape index (κ3) is 3.40. The average Bonchev–Trinajstić information content (AvgIpc) is 3.10. The maximum absolute atomic E-state index is 13.3. The second-order valence-corrected chi connectivity index (χ2v) is 7.53. The molecule has 0 saturated heterocycles. The minimum atomic E-state index is -4.45. The zero-order valence-corrected chi connectivity index (χ0v) is 16.1. The molecule has 154 valence electrons. The summed E-state index contributed by atoms with van der Waals surface area (Å²) in [5.74, 6) is 0.275. The number of alkyl halides is 3. The number of rotatable bonds is 2. The zero-order chi connectivity index (χ0) is 21.8. The number of phenolic OH excluding ortho intramolecular Hbond substituents is 2. The first-order valence-corrected chi connectivity index (χ1v) is 9.63. The van der Waals surface area contributed by atoms with Gasteiger partial charge in [-0.05, 0) is 70.8 Å². The van der Waals surface area contributed by atoms with Crippen LogP contribution >= 0.6 is 0 Å². The molecule has 1 aliphatic carbocycles. The standard InChI is InChI=1S/C25H16F3NO2/c26-25(27,28)17-3-1-2-15(10-17)23-13-21(14-4-6-18(30)7-5-14)22-12-16-11-19(31)8-9-20(16)24(22)29-23/h1-11,13,30-31H,12H2. The number of aromatic nitrogens is 1. The summed E-state index contributed by atoms with van der Waals surface area (Å²) >= 11 is 0. The van der Waals surface area contributed by atoms with Crippen molar-refractivity contribution in [2.24, 2.45) is 0 Å². The van der Waals surface area contributed by atoms with Crippen molar-refractivity contribution in [3.05, 3.63) is 89.5 Å². The molecule has 0 fully saturated rings. The minimum Gasteiger partial charge on any atom is -0.508 e. The summed E-state index contributed by atoms with van der Waals surface area (Å²) in [5.41, 5.74) is 5.08. The van der Waals surface area contributed by atoms with Gasteiger partial charge >= 0.3 is 6.18 Å². The lowest BCUT2D eigenvalue weighted by Crippen LogP contribution is -2.04. The van der Waals surface area contributed by atoms with Gasteiger partial charge in [-0.15, -0.1) is 0 Å². The minimum absolute atomic E-state index is 0.126. The van der Waals surface area contributed by atoms with Crippen LogP contribution in [0.1, 0.15) is 16.7 Å². The van der Waals surface area contributed by atoms with E-state index < -0.39 is 11.7 Å². The van der Waals surface area contributed by atoms with Crippen LogP contribution in [0.2, 0.25) is 0 Å². The Bertz CT molecular complexity index is 1310. The molecule has 4 aromatic rings. The number of halogens is 3. The molecule has 3 aromatic carbocycles. The van der Waals surface area contributed by atoms with Crippen molar-refractivity contribution >= 4 is 0 Å². The van der Waals surface area contributed by atoms with Crippen LogP contribution in [0.3, 0.4) is 0 Å². The quantitative estimate of drug-likeness (QED) is 0.347. The van der Waals surface area contributed by atoms with Crippen molar-refractivity contribution in [2.45, 2.75) is 12.6 Å². The molecule has 3 nitrogen and oxygen atoms in total. The first-order valence-electron chi connectivity index (χ1n) is 9.63. The lowest BCUT2D eigenvalue weighted by molar-refractivity contribution is -0.137. The van der Waals surface area contributed by atoms with E-state index in [9.17, 15) is 23.4 Å². The Balaban J connectivity index is 1.74. The van der Waals surface area contributed by atoms with E-state index in [-0.39, 0.29) is 11.5 Å². The number of phenols is 2. The summed E-state index contributed by atoms with van der Waals surface area (Å²) in [6.45, 7) is 0. The molecule has 1 aliphatic rings. The highest BCUT2D eigenvalue weighted by molar-refractivity contribution is 5.86. The van der Waals surface area contributed by atoms with E-state index in [0.717, 1.165) is 39.9 Å². The number of benzene rings is 3. The van der Waals surface area contributed by atoms with Crippen molar-refractivity contribution in [1.29, 1.82) is 0 Å². The molecule has 0 amide bonds. The average molecular weight is 419 g/mol. The second-order valence-electron chi connectivity index (χ2n) is 7.53. The number of aromatic hydroxyl groups is 2. The van der Waals surface area contributed by atoms with E-state index in [0.29, 0.717) is 23.4 Å². The van der Waals surface area contributed by atoms with Gasteiger partial charge in [-0.1, -0.05) is 24.3 Å². The third-order valence-corrected chi connectivity index (χ3v) is 5.50. The van der Waals surface area contributed by atoms with Crippen LogP contribution in [0.5, 0.6) is 11.5 Å². The summed E-state index contributed by atoms with van der Waals surface area (Å²) in [6.07, 6.45) is -3.90. The van der Waals surface area contributed by atoms with Gasteiger partial charge in [-0.25, -0.2) is 4.98 Å². The van der Waals surface area contributed by atoms with Crippen LogP contribution in [0.4, 0.5) is 13.2 Å². The van der Waals surface area contributed by atoms with Crippen LogP contribution in [-0.4, -0.2) is 15.2 Å². The summed E-state index contributed by atoms with van der Waals surface area (Å²) in [6, 6.07) is 18.6. The molecule has 1 aromatic heterocycles. The van der Waals surface area contributed by atoms with Gasteiger partial charge in [0.2, 0.25) is 0 Å².